The fourth-order valence-electron chi connectivity index (χ4n) is 2.53. The summed E-state index contributed by atoms with van der Waals surface area (Å²) in [4.78, 5) is 11.4. The first-order valence-corrected chi connectivity index (χ1v) is 4.43. The maximum Gasteiger partial charge on any atom is 0.159 e. The predicted molar refractivity (Wildman–Crippen MR) is 44.2 cm³/mol. The summed E-state index contributed by atoms with van der Waals surface area (Å²) in [5, 5.41) is 0. The maximum absolute atomic E-state index is 11.4. The van der Waals surface area contributed by atoms with Gasteiger partial charge in [-0.1, -0.05) is 12.5 Å². The van der Waals surface area contributed by atoms with E-state index in [-0.39, 0.29) is 0 Å². The Hall–Kier alpha value is -0.590. The minimum Gasteiger partial charge on any atom is -0.295 e. The van der Waals surface area contributed by atoms with Gasteiger partial charge in [0.25, 0.3) is 0 Å². The lowest BCUT2D eigenvalue weighted by molar-refractivity contribution is -0.114. The third kappa shape index (κ3) is 0.867. The number of hydrogen-bond donors (Lipinski definition) is 0. The van der Waals surface area contributed by atoms with Crippen molar-refractivity contribution in [2.75, 3.05) is 0 Å². The van der Waals surface area contributed by atoms with Crippen LogP contribution in [0.2, 0.25) is 0 Å². The number of hydrogen-bond acceptors (Lipinski definition) is 1. The number of carbonyl (C=O) groups is 1. The van der Waals surface area contributed by atoms with Gasteiger partial charge in [0.05, 0.1) is 0 Å². The molecule has 2 rings (SSSR count). The van der Waals surface area contributed by atoms with Crippen molar-refractivity contribution in [1.29, 1.82) is 0 Å². The van der Waals surface area contributed by atoms with E-state index in [1.165, 1.54) is 17.6 Å². The minimum atomic E-state index is 0.428. The molecule has 60 valence electrons. The molecule has 1 fully saturated rings. The van der Waals surface area contributed by atoms with Crippen molar-refractivity contribution in [1.82, 2.24) is 0 Å². The zero-order chi connectivity index (χ0) is 8.01. The maximum atomic E-state index is 11.4. The third-order valence-electron chi connectivity index (χ3n) is 3.16. The molecule has 1 nitrogen and oxygen atoms in total. The van der Waals surface area contributed by atoms with E-state index >= 15 is 0 Å². The molecule has 2 atom stereocenters. The van der Waals surface area contributed by atoms with Crippen molar-refractivity contribution in [3.63, 3.8) is 0 Å². The lowest BCUT2D eigenvalue weighted by Gasteiger charge is -2.08. The second-order valence-corrected chi connectivity index (χ2v) is 3.94. The zero-order valence-corrected chi connectivity index (χ0v) is 7.18. The number of carbonyl (C=O) groups excluding carboxylic acids is 1. The third-order valence-corrected chi connectivity index (χ3v) is 3.16. The Morgan fingerprint density at radius 1 is 1.45 bits per heavy atom. The van der Waals surface area contributed by atoms with Gasteiger partial charge in [0, 0.05) is 6.42 Å². The molecule has 0 amide bonds. The molecule has 0 aromatic carbocycles. The van der Waals surface area contributed by atoms with Crippen LogP contribution in [-0.4, -0.2) is 5.78 Å². The molecule has 0 bridgehead atoms. The summed E-state index contributed by atoms with van der Waals surface area (Å²) in [6.45, 7) is 4.32. The summed E-state index contributed by atoms with van der Waals surface area (Å²) in [6.07, 6.45) is 3.20. The Balaban J connectivity index is 2.39. The summed E-state index contributed by atoms with van der Waals surface area (Å²) in [5.74, 6) is 1.68. The van der Waals surface area contributed by atoms with Gasteiger partial charge < -0.3 is 0 Å². The summed E-state index contributed by atoms with van der Waals surface area (Å²) < 4.78 is 0. The van der Waals surface area contributed by atoms with E-state index in [4.69, 9.17) is 0 Å². The molecule has 0 unspecified atom stereocenters. The molecule has 1 heteroatoms. The van der Waals surface area contributed by atoms with Crippen LogP contribution in [0.4, 0.5) is 0 Å². The molecule has 0 spiro atoms. The fourth-order valence-corrected chi connectivity index (χ4v) is 2.53. The van der Waals surface area contributed by atoms with Crippen molar-refractivity contribution in [3.05, 3.63) is 11.1 Å². The Morgan fingerprint density at radius 2 is 2.18 bits per heavy atom. The smallest absolute Gasteiger partial charge is 0.159 e. The SMILES string of the molecule is CC1=C2C(=O)C[C@H](C)[C@H]2CC1. The van der Waals surface area contributed by atoms with Crippen molar-refractivity contribution in [3.8, 4) is 0 Å². The molecule has 0 radical (unpaired) electrons. The van der Waals surface area contributed by atoms with Crippen LogP contribution in [0, 0.1) is 11.8 Å². The van der Waals surface area contributed by atoms with Crippen LogP contribution >= 0.6 is 0 Å². The van der Waals surface area contributed by atoms with Gasteiger partial charge in [0.15, 0.2) is 5.78 Å². The molecule has 0 heterocycles. The van der Waals surface area contributed by atoms with E-state index < -0.39 is 0 Å². The van der Waals surface area contributed by atoms with Crippen LogP contribution in [0.3, 0.4) is 0 Å². The lowest BCUT2D eigenvalue weighted by Crippen LogP contribution is -2.00. The minimum absolute atomic E-state index is 0.428. The number of ketones is 1. The van der Waals surface area contributed by atoms with Crippen LogP contribution in [-0.2, 0) is 4.79 Å². The van der Waals surface area contributed by atoms with Crippen LogP contribution < -0.4 is 0 Å². The topological polar surface area (TPSA) is 17.1 Å². The normalized spacial score (nSPS) is 36.7. The molecule has 0 aromatic heterocycles. The summed E-state index contributed by atoms with van der Waals surface area (Å²) in [6, 6.07) is 0. The highest BCUT2D eigenvalue weighted by atomic mass is 16.1. The van der Waals surface area contributed by atoms with Crippen LogP contribution in [0.25, 0.3) is 0 Å². The largest absolute Gasteiger partial charge is 0.295 e. The molecule has 1 saturated carbocycles. The van der Waals surface area contributed by atoms with E-state index in [1.54, 1.807) is 0 Å². The van der Waals surface area contributed by atoms with Crippen molar-refractivity contribution < 1.29 is 4.79 Å². The first kappa shape index (κ1) is 7.08. The highest BCUT2D eigenvalue weighted by Gasteiger charge is 2.38. The van der Waals surface area contributed by atoms with Crippen molar-refractivity contribution in [2.24, 2.45) is 11.8 Å². The number of fused-ring (bicyclic) bond motifs is 1. The first-order valence-electron chi connectivity index (χ1n) is 4.43. The predicted octanol–water partition coefficient (Wildman–Crippen LogP) is 2.32. The Bertz CT molecular complexity index is 237. The molecular weight excluding hydrogens is 136 g/mol. The molecule has 2 aliphatic carbocycles. The molecule has 11 heavy (non-hydrogen) atoms. The van der Waals surface area contributed by atoms with Crippen molar-refractivity contribution >= 4 is 5.78 Å². The highest BCUT2D eigenvalue weighted by Crippen LogP contribution is 2.44. The van der Waals surface area contributed by atoms with Crippen LogP contribution in [0.15, 0.2) is 11.1 Å². The average molecular weight is 150 g/mol. The summed E-state index contributed by atoms with van der Waals surface area (Å²) >= 11 is 0. The van der Waals surface area contributed by atoms with E-state index in [1.807, 2.05) is 0 Å². The molecule has 0 N–H and O–H groups in total. The van der Waals surface area contributed by atoms with Crippen molar-refractivity contribution in [2.45, 2.75) is 33.1 Å². The number of rotatable bonds is 0. The summed E-state index contributed by atoms with van der Waals surface area (Å²) in [5.41, 5.74) is 2.56. The zero-order valence-electron chi connectivity index (χ0n) is 7.18. The highest BCUT2D eigenvalue weighted by molar-refractivity contribution is 5.99. The van der Waals surface area contributed by atoms with Crippen LogP contribution in [0.5, 0.6) is 0 Å². The Morgan fingerprint density at radius 3 is 2.82 bits per heavy atom. The van der Waals surface area contributed by atoms with E-state index in [9.17, 15) is 4.79 Å². The van der Waals surface area contributed by atoms with Gasteiger partial charge in [-0.05, 0) is 37.2 Å². The van der Waals surface area contributed by atoms with Gasteiger partial charge in [0.1, 0.15) is 0 Å². The summed E-state index contributed by atoms with van der Waals surface area (Å²) in [7, 11) is 0. The number of allylic oxidation sites excluding steroid dienone is 2. The standard InChI is InChI=1S/C10H14O/c1-6-3-4-8-7(2)5-9(11)10(6)8/h7-8H,3-5H2,1-2H3/t7-,8+/m0/s1. The Labute approximate surface area is 67.5 Å². The van der Waals surface area contributed by atoms with Crippen LogP contribution in [0.1, 0.15) is 33.1 Å². The van der Waals surface area contributed by atoms with Gasteiger partial charge in [-0.15, -0.1) is 0 Å². The molecule has 0 saturated heterocycles. The second-order valence-electron chi connectivity index (χ2n) is 3.94. The van der Waals surface area contributed by atoms with E-state index in [2.05, 4.69) is 13.8 Å². The van der Waals surface area contributed by atoms with Gasteiger partial charge in [0.2, 0.25) is 0 Å². The van der Waals surface area contributed by atoms with Gasteiger partial charge in [-0.2, -0.15) is 0 Å². The average Bonchev–Trinajstić information content (AvgIpc) is 2.41. The molecule has 2 aliphatic rings. The van der Waals surface area contributed by atoms with E-state index in [0.29, 0.717) is 17.6 Å². The van der Waals surface area contributed by atoms with Gasteiger partial charge >= 0.3 is 0 Å². The molecule has 0 aromatic rings. The van der Waals surface area contributed by atoms with Gasteiger partial charge in [-0.3, -0.25) is 4.79 Å². The van der Waals surface area contributed by atoms with Gasteiger partial charge in [-0.25, -0.2) is 0 Å². The molecular formula is C10H14O. The Kier molecular flexibility index (Phi) is 1.41. The monoisotopic (exact) mass is 150 g/mol. The molecule has 0 aliphatic heterocycles. The second kappa shape index (κ2) is 2.20. The fraction of sp³-hybridized carbons (Fsp3) is 0.700. The quantitative estimate of drug-likeness (QED) is 0.518. The first-order chi connectivity index (χ1) is 5.20. The lowest BCUT2D eigenvalue weighted by atomic mass is 9.96. The number of Topliss-reactive ketones (excluding diaryl/α,β-unsaturated/α-hetero) is 1. The van der Waals surface area contributed by atoms with E-state index in [0.717, 1.165) is 12.8 Å².